The molecule has 0 aliphatic rings. The van der Waals surface area contributed by atoms with Crippen molar-refractivity contribution in [1.82, 2.24) is 0 Å². The van der Waals surface area contributed by atoms with Crippen molar-refractivity contribution in [2.24, 2.45) is 0 Å². The first-order valence-electron chi connectivity index (χ1n) is 5.34. The van der Waals surface area contributed by atoms with Crippen LogP contribution in [0.3, 0.4) is 0 Å². The van der Waals surface area contributed by atoms with Gasteiger partial charge in [0.15, 0.2) is 11.1 Å². The van der Waals surface area contributed by atoms with Crippen LogP contribution in [0.2, 0.25) is 0 Å². The first-order valence-corrected chi connectivity index (χ1v) is 7.24. The Balaban J connectivity index is 2.00. The zero-order chi connectivity index (χ0) is 13.0. The predicted octanol–water partition coefficient (Wildman–Crippen LogP) is 3.64. The lowest BCUT2D eigenvalue weighted by atomic mass is 10.2. The van der Waals surface area contributed by atoms with Crippen LogP contribution in [0.25, 0.3) is 0 Å². The zero-order valence-electron chi connectivity index (χ0n) is 9.47. The molecule has 0 aromatic heterocycles. The summed E-state index contributed by atoms with van der Waals surface area (Å²) >= 11 is 1.51. The average molecular weight is 326 g/mol. The maximum atomic E-state index is 10.8. The summed E-state index contributed by atoms with van der Waals surface area (Å²) < 4.78 is 20.8. The van der Waals surface area contributed by atoms with Gasteiger partial charge in [-0.15, -0.1) is 0 Å². The quantitative estimate of drug-likeness (QED) is 0.844. The molecule has 94 valence electrons. The minimum absolute atomic E-state index is 0.406. The van der Waals surface area contributed by atoms with Crippen LogP contribution in [0, 0.1) is 0 Å². The Kier molecular flexibility index (Phi) is 4.52. The maximum absolute atomic E-state index is 10.8. The molecule has 18 heavy (non-hydrogen) atoms. The van der Waals surface area contributed by atoms with Crippen LogP contribution in [0.5, 0.6) is 0 Å². The molecular formula is C13H12BrNO2S. The molecule has 0 saturated heterocycles. The molecule has 2 aromatic rings. The summed E-state index contributed by atoms with van der Waals surface area (Å²) in [7, 11) is 0. The Morgan fingerprint density at radius 3 is 2.50 bits per heavy atom. The normalized spacial score (nSPS) is 12.1. The molecule has 0 amide bonds. The SMILES string of the molecule is O=S(O)c1ccc(NCc2cccc(Br)c2)cc1. The highest BCUT2D eigenvalue weighted by atomic mass is 79.9. The van der Waals surface area contributed by atoms with Gasteiger partial charge in [-0.2, -0.15) is 0 Å². The third kappa shape index (κ3) is 3.66. The number of hydrogen-bond donors (Lipinski definition) is 2. The van der Waals surface area contributed by atoms with Crippen molar-refractivity contribution in [1.29, 1.82) is 0 Å². The largest absolute Gasteiger partial charge is 0.381 e. The number of hydrogen-bond acceptors (Lipinski definition) is 2. The number of nitrogens with one attached hydrogen (secondary N) is 1. The van der Waals surface area contributed by atoms with Gasteiger partial charge in [-0.1, -0.05) is 28.1 Å². The van der Waals surface area contributed by atoms with E-state index in [0.29, 0.717) is 11.4 Å². The van der Waals surface area contributed by atoms with Crippen molar-refractivity contribution < 1.29 is 8.76 Å². The Labute approximate surface area is 117 Å². The molecule has 2 rings (SSSR count). The second-order valence-corrected chi connectivity index (χ2v) is 5.64. The predicted molar refractivity (Wildman–Crippen MR) is 76.9 cm³/mol. The fraction of sp³-hybridized carbons (Fsp3) is 0.0769. The summed E-state index contributed by atoms with van der Waals surface area (Å²) in [6, 6.07) is 14.9. The van der Waals surface area contributed by atoms with Crippen LogP contribution in [-0.2, 0) is 17.6 Å². The van der Waals surface area contributed by atoms with Crippen molar-refractivity contribution in [3.05, 3.63) is 58.6 Å². The lowest BCUT2D eigenvalue weighted by molar-refractivity contribution is 0.564. The smallest absolute Gasteiger partial charge is 0.186 e. The summed E-state index contributed by atoms with van der Waals surface area (Å²) in [5.41, 5.74) is 2.09. The van der Waals surface area contributed by atoms with E-state index in [4.69, 9.17) is 4.55 Å². The van der Waals surface area contributed by atoms with Crippen molar-refractivity contribution >= 4 is 32.7 Å². The minimum Gasteiger partial charge on any atom is -0.381 e. The van der Waals surface area contributed by atoms with Crippen molar-refractivity contribution in [3.8, 4) is 0 Å². The van der Waals surface area contributed by atoms with E-state index in [1.165, 1.54) is 5.56 Å². The first-order chi connectivity index (χ1) is 8.65. The van der Waals surface area contributed by atoms with E-state index in [0.717, 1.165) is 10.2 Å². The van der Waals surface area contributed by atoms with Gasteiger partial charge in [0.05, 0.1) is 4.90 Å². The monoisotopic (exact) mass is 325 g/mol. The Bertz CT molecular complexity index is 557. The van der Waals surface area contributed by atoms with Crippen molar-refractivity contribution in [2.75, 3.05) is 5.32 Å². The highest BCUT2D eigenvalue weighted by Gasteiger charge is 1.99. The number of halogens is 1. The van der Waals surface area contributed by atoms with Crippen LogP contribution in [0.15, 0.2) is 57.9 Å². The van der Waals surface area contributed by atoms with E-state index in [9.17, 15) is 4.21 Å². The van der Waals surface area contributed by atoms with E-state index in [2.05, 4.69) is 21.2 Å². The Hall–Kier alpha value is -1.17. The molecule has 0 fully saturated rings. The van der Waals surface area contributed by atoms with E-state index in [1.807, 2.05) is 24.3 Å². The topological polar surface area (TPSA) is 49.3 Å². The molecule has 0 aliphatic carbocycles. The molecule has 5 heteroatoms. The molecule has 1 unspecified atom stereocenters. The molecule has 0 radical (unpaired) electrons. The molecule has 0 spiro atoms. The zero-order valence-corrected chi connectivity index (χ0v) is 11.9. The summed E-state index contributed by atoms with van der Waals surface area (Å²) in [6.45, 7) is 0.709. The van der Waals surface area contributed by atoms with Crippen LogP contribution in [0.1, 0.15) is 5.56 Å². The van der Waals surface area contributed by atoms with Gasteiger partial charge in [0, 0.05) is 16.7 Å². The van der Waals surface area contributed by atoms with Gasteiger partial charge in [0.2, 0.25) is 0 Å². The second-order valence-electron chi connectivity index (χ2n) is 3.76. The van der Waals surface area contributed by atoms with E-state index < -0.39 is 11.1 Å². The Morgan fingerprint density at radius 1 is 1.17 bits per heavy atom. The molecule has 3 nitrogen and oxygen atoms in total. The lowest BCUT2D eigenvalue weighted by Gasteiger charge is -2.07. The molecule has 1 atom stereocenters. The number of rotatable bonds is 4. The van der Waals surface area contributed by atoms with Gasteiger partial charge in [0.25, 0.3) is 0 Å². The molecule has 0 saturated carbocycles. The second kappa shape index (κ2) is 6.13. The van der Waals surface area contributed by atoms with Gasteiger partial charge in [-0.25, -0.2) is 4.21 Å². The van der Waals surface area contributed by atoms with Crippen molar-refractivity contribution in [3.63, 3.8) is 0 Å². The highest BCUT2D eigenvalue weighted by Crippen LogP contribution is 2.15. The fourth-order valence-corrected chi connectivity index (χ4v) is 2.36. The molecule has 0 bridgehead atoms. The standard InChI is InChI=1S/C13H12BrNO2S/c14-11-3-1-2-10(8-11)9-15-12-4-6-13(7-5-12)18(16)17/h1-8,15H,9H2,(H,16,17). The minimum atomic E-state index is -1.91. The van der Waals surface area contributed by atoms with Crippen molar-refractivity contribution in [2.45, 2.75) is 11.4 Å². The number of anilines is 1. The molecular weight excluding hydrogens is 314 g/mol. The first kappa shape index (κ1) is 13.3. The van der Waals surface area contributed by atoms with E-state index in [-0.39, 0.29) is 0 Å². The summed E-state index contributed by atoms with van der Waals surface area (Å²) in [4.78, 5) is 0.406. The van der Waals surface area contributed by atoms with Crippen LogP contribution < -0.4 is 5.32 Å². The van der Waals surface area contributed by atoms with Crippen LogP contribution in [0.4, 0.5) is 5.69 Å². The van der Waals surface area contributed by atoms with Gasteiger partial charge in [-0.05, 0) is 42.0 Å². The van der Waals surface area contributed by atoms with Gasteiger partial charge in [-0.3, -0.25) is 0 Å². The molecule has 0 heterocycles. The van der Waals surface area contributed by atoms with Gasteiger partial charge < -0.3 is 9.87 Å². The van der Waals surface area contributed by atoms with Gasteiger partial charge >= 0.3 is 0 Å². The highest BCUT2D eigenvalue weighted by molar-refractivity contribution is 9.10. The maximum Gasteiger partial charge on any atom is 0.186 e. The Morgan fingerprint density at radius 2 is 1.89 bits per heavy atom. The lowest BCUT2D eigenvalue weighted by Crippen LogP contribution is -1.99. The average Bonchev–Trinajstić information content (AvgIpc) is 2.37. The third-order valence-corrected chi connectivity index (χ3v) is 3.61. The van der Waals surface area contributed by atoms with Crippen LogP contribution in [-0.4, -0.2) is 8.76 Å². The molecule has 0 aliphatic heterocycles. The van der Waals surface area contributed by atoms with E-state index >= 15 is 0 Å². The molecule has 2 N–H and O–H groups in total. The van der Waals surface area contributed by atoms with Crippen LogP contribution >= 0.6 is 15.9 Å². The number of benzene rings is 2. The molecule has 2 aromatic carbocycles. The third-order valence-electron chi connectivity index (χ3n) is 2.44. The summed E-state index contributed by atoms with van der Waals surface area (Å²) in [6.07, 6.45) is 0. The van der Waals surface area contributed by atoms with E-state index in [1.54, 1.807) is 24.3 Å². The van der Waals surface area contributed by atoms with Gasteiger partial charge in [0.1, 0.15) is 0 Å². The summed E-state index contributed by atoms with van der Waals surface area (Å²) in [5.74, 6) is 0. The summed E-state index contributed by atoms with van der Waals surface area (Å²) in [5, 5.41) is 3.25. The fourth-order valence-electron chi connectivity index (χ4n) is 1.54.